The molecule has 0 radical (unpaired) electrons. The maximum atomic E-state index is 5.97. The quantitative estimate of drug-likeness (QED) is 0.740. The van der Waals surface area contributed by atoms with Gasteiger partial charge in [-0.1, -0.05) is 12.1 Å². The third kappa shape index (κ3) is 4.73. The standard InChI is InChI=1S/C10H8N2.C2H4N.Cu/c1-3-7-11-9(5-1)10-6-2-4-8-12-10;1-2-3;/h1-8H;2-3H,1H2;/q;-1;+1. The monoisotopic (exact) mass is 261 g/mol. The van der Waals surface area contributed by atoms with Crippen molar-refractivity contribution in [2.75, 3.05) is 0 Å². The molecule has 2 rings (SSSR count). The molecular formula is C12H12CuN3. The fraction of sp³-hybridized carbons (Fsp3) is 0. The van der Waals surface area contributed by atoms with Gasteiger partial charge in [-0.15, -0.1) is 6.58 Å². The second kappa shape index (κ2) is 8.65. The van der Waals surface area contributed by atoms with Gasteiger partial charge >= 0.3 is 17.1 Å². The number of hydrogen-bond acceptors (Lipinski definition) is 2. The van der Waals surface area contributed by atoms with Gasteiger partial charge in [-0.3, -0.25) is 9.97 Å². The van der Waals surface area contributed by atoms with E-state index in [1.807, 2.05) is 36.4 Å². The van der Waals surface area contributed by atoms with Crippen LogP contribution < -0.4 is 0 Å². The normalized spacial score (nSPS) is 8.00. The first-order valence-electron chi connectivity index (χ1n) is 4.49. The Morgan fingerprint density at radius 3 is 1.56 bits per heavy atom. The van der Waals surface area contributed by atoms with E-state index in [-0.39, 0.29) is 17.1 Å². The first kappa shape index (κ1) is 14.4. The molecule has 2 heterocycles. The third-order valence-electron chi connectivity index (χ3n) is 1.59. The Balaban J connectivity index is 0.000000511. The number of pyridine rings is 2. The number of aromatic nitrogens is 2. The van der Waals surface area contributed by atoms with Crippen molar-refractivity contribution in [3.63, 3.8) is 0 Å². The molecule has 0 bridgehead atoms. The van der Waals surface area contributed by atoms with Crippen LogP contribution in [0.5, 0.6) is 0 Å². The summed E-state index contributed by atoms with van der Waals surface area (Å²) in [5, 5.41) is 0. The van der Waals surface area contributed by atoms with E-state index in [1.54, 1.807) is 12.4 Å². The molecule has 16 heavy (non-hydrogen) atoms. The Kier molecular flexibility index (Phi) is 7.76. The van der Waals surface area contributed by atoms with Crippen molar-refractivity contribution in [2.24, 2.45) is 0 Å². The molecule has 0 atom stereocenters. The maximum absolute atomic E-state index is 5.97. The van der Waals surface area contributed by atoms with Crippen molar-refractivity contribution in [3.8, 4) is 11.4 Å². The van der Waals surface area contributed by atoms with Gasteiger partial charge in [0.15, 0.2) is 0 Å². The zero-order valence-electron chi connectivity index (χ0n) is 8.60. The van der Waals surface area contributed by atoms with E-state index < -0.39 is 0 Å². The molecular weight excluding hydrogens is 250 g/mol. The second-order valence-corrected chi connectivity index (χ2v) is 2.63. The van der Waals surface area contributed by atoms with Gasteiger partial charge in [-0.2, -0.15) is 6.20 Å². The molecule has 0 saturated carbocycles. The summed E-state index contributed by atoms with van der Waals surface area (Å²) in [6.07, 6.45) is 4.54. The molecule has 0 fully saturated rings. The Morgan fingerprint density at radius 1 is 0.938 bits per heavy atom. The van der Waals surface area contributed by atoms with Gasteiger partial charge in [0.05, 0.1) is 11.4 Å². The van der Waals surface area contributed by atoms with Crippen LogP contribution in [0.25, 0.3) is 17.1 Å². The fourth-order valence-electron chi connectivity index (χ4n) is 1.03. The zero-order valence-corrected chi connectivity index (χ0v) is 9.54. The minimum Gasteiger partial charge on any atom is -0.705 e. The predicted octanol–water partition coefficient (Wildman–Crippen LogP) is 3.32. The van der Waals surface area contributed by atoms with Crippen LogP contribution in [0, 0.1) is 0 Å². The zero-order chi connectivity index (χ0) is 10.9. The smallest absolute Gasteiger partial charge is 0.705 e. The summed E-state index contributed by atoms with van der Waals surface area (Å²) in [6, 6.07) is 11.6. The number of hydrogen-bond donors (Lipinski definition) is 0. The van der Waals surface area contributed by atoms with Gasteiger partial charge in [-0.25, -0.2) is 0 Å². The van der Waals surface area contributed by atoms with E-state index in [1.165, 1.54) is 0 Å². The predicted molar refractivity (Wildman–Crippen MR) is 62.0 cm³/mol. The Bertz CT molecular complexity index is 352. The molecule has 4 heteroatoms. The van der Waals surface area contributed by atoms with Gasteiger partial charge in [0.25, 0.3) is 0 Å². The van der Waals surface area contributed by atoms with E-state index in [0.29, 0.717) is 0 Å². The number of rotatable bonds is 1. The SMILES string of the molecule is C=C[NH-].[Cu+].c1ccc(-c2ccccn2)nc1. The molecule has 1 N–H and O–H groups in total. The van der Waals surface area contributed by atoms with Crippen molar-refractivity contribution >= 4 is 0 Å². The summed E-state index contributed by atoms with van der Waals surface area (Å²) in [7, 11) is 0. The van der Waals surface area contributed by atoms with Crippen molar-refractivity contribution in [1.82, 2.24) is 9.97 Å². The van der Waals surface area contributed by atoms with Crippen molar-refractivity contribution in [3.05, 3.63) is 67.3 Å². The molecule has 0 unspecified atom stereocenters. The fourth-order valence-corrected chi connectivity index (χ4v) is 1.03. The van der Waals surface area contributed by atoms with Crippen LogP contribution in [0.4, 0.5) is 0 Å². The summed E-state index contributed by atoms with van der Waals surface area (Å²) in [6.45, 7) is 3.03. The second-order valence-electron chi connectivity index (χ2n) is 2.63. The number of nitrogens with one attached hydrogen (secondary N) is 1. The molecule has 2 aromatic rings. The topological polar surface area (TPSA) is 49.6 Å². The van der Waals surface area contributed by atoms with Gasteiger partial charge in [0.2, 0.25) is 0 Å². The summed E-state index contributed by atoms with van der Waals surface area (Å²) < 4.78 is 0. The van der Waals surface area contributed by atoms with Crippen LogP contribution >= 0.6 is 0 Å². The first-order valence-corrected chi connectivity index (χ1v) is 4.49. The minimum atomic E-state index is 0. The van der Waals surface area contributed by atoms with Gasteiger partial charge in [0.1, 0.15) is 0 Å². The summed E-state index contributed by atoms with van der Waals surface area (Å²) in [4.78, 5) is 8.37. The molecule has 0 saturated heterocycles. The molecule has 0 spiro atoms. The maximum Gasteiger partial charge on any atom is 1.00 e. The summed E-state index contributed by atoms with van der Waals surface area (Å²) in [5.41, 5.74) is 7.80. The van der Waals surface area contributed by atoms with Crippen LogP contribution in [0.2, 0.25) is 0 Å². The molecule has 3 nitrogen and oxygen atoms in total. The van der Waals surface area contributed by atoms with E-state index in [2.05, 4.69) is 16.5 Å². The van der Waals surface area contributed by atoms with Crippen LogP contribution in [-0.2, 0) is 17.1 Å². The van der Waals surface area contributed by atoms with Crippen molar-refractivity contribution in [2.45, 2.75) is 0 Å². The van der Waals surface area contributed by atoms with Gasteiger partial charge < -0.3 is 5.73 Å². The van der Waals surface area contributed by atoms with Gasteiger partial charge in [0, 0.05) is 12.4 Å². The largest absolute Gasteiger partial charge is 1.00 e. The molecule has 86 valence electrons. The average Bonchev–Trinajstić information content (AvgIpc) is 2.32. The van der Waals surface area contributed by atoms with Crippen LogP contribution in [-0.4, -0.2) is 9.97 Å². The molecule has 2 aromatic heterocycles. The number of nitrogens with zero attached hydrogens (tertiary/aromatic N) is 2. The molecule has 0 aliphatic carbocycles. The summed E-state index contributed by atoms with van der Waals surface area (Å²) in [5.74, 6) is 0. The van der Waals surface area contributed by atoms with Crippen LogP contribution in [0.3, 0.4) is 0 Å². The summed E-state index contributed by atoms with van der Waals surface area (Å²) >= 11 is 0. The Hall–Kier alpha value is -1.64. The molecule has 0 aliphatic rings. The van der Waals surface area contributed by atoms with Crippen LogP contribution in [0.15, 0.2) is 61.6 Å². The van der Waals surface area contributed by atoms with Crippen LogP contribution in [0.1, 0.15) is 0 Å². The third-order valence-corrected chi connectivity index (χ3v) is 1.59. The molecule has 0 amide bonds. The Labute approximate surface area is 106 Å². The van der Waals surface area contributed by atoms with Crippen molar-refractivity contribution in [1.29, 1.82) is 0 Å². The van der Waals surface area contributed by atoms with Crippen molar-refractivity contribution < 1.29 is 17.1 Å². The first-order chi connectivity index (χ1) is 7.38. The molecule has 0 aliphatic heterocycles. The van der Waals surface area contributed by atoms with E-state index in [9.17, 15) is 0 Å². The Morgan fingerprint density at radius 2 is 1.31 bits per heavy atom. The average molecular weight is 262 g/mol. The van der Waals surface area contributed by atoms with E-state index >= 15 is 0 Å². The van der Waals surface area contributed by atoms with E-state index in [0.717, 1.165) is 17.6 Å². The minimum absolute atomic E-state index is 0. The van der Waals surface area contributed by atoms with E-state index in [4.69, 9.17) is 5.73 Å². The van der Waals surface area contributed by atoms with Gasteiger partial charge in [-0.05, 0) is 24.3 Å². The molecule has 0 aromatic carbocycles.